The number of carbonyl (C=O) groups is 1. The second-order valence-electron chi connectivity index (χ2n) is 7.41. The lowest BCUT2D eigenvalue weighted by Crippen LogP contribution is -2.41. The number of Topliss-reactive ketones (excluding diaryl/α,β-unsaturated/α-hetero) is 1. The normalized spacial score (nSPS) is 18.7. The molecule has 0 spiro atoms. The van der Waals surface area contributed by atoms with Crippen LogP contribution >= 0.6 is 11.3 Å². The van der Waals surface area contributed by atoms with Gasteiger partial charge in [-0.3, -0.25) is 4.79 Å². The molecule has 27 heavy (non-hydrogen) atoms. The Kier molecular flexibility index (Phi) is 6.13. The minimum Gasteiger partial charge on any atom is -0.299 e. The molecular formula is C20H26N2O3S2. The van der Waals surface area contributed by atoms with Gasteiger partial charge in [0.1, 0.15) is 10.8 Å². The van der Waals surface area contributed by atoms with E-state index in [0.717, 1.165) is 35.5 Å². The van der Waals surface area contributed by atoms with E-state index in [1.165, 1.54) is 11.3 Å². The fourth-order valence-corrected chi connectivity index (χ4v) is 5.75. The Bertz CT molecular complexity index is 902. The van der Waals surface area contributed by atoms with E-state index in [9.17, 15) is 13.2 Å². The smallest absolute Gasteiger partial charge is 0.243 e. The number of benzene rings is 1. The van der Waals surface area contributed by atoms with Crippen LogP contribution in [-0.4, -0.2) is 36.1 Å². The van der Waals surface area contributed by atoms with E-state index in [1.807, 2.05) is 26.2 Å². The van der Waals surface area contributed by atoms with Crippen LogP contribution in [0.4, 0.5) is 0 Å². The van der Waals surface area contributed by atoms with Crippen LogP contribution in [0.25, 0.3) is 11.3 Å². The van der Waals surface area contributed by atoms with Gasteiger partial charge < -0.3 is 0 Å². The highest BCUT2D eigenvalue weighted by Gasteiger charge is 2.30. The predicted molar refractivity (Wildman–Crippen MR) is 108 cm³/mol. The molecule has 1 atom stereocenters. The molecule has 0 N–H and O–H groups in total. The molecule has 1 aliphatic heterocycles. The summed E-state index contributed by atoms with van der Waals surface area (Å²) < 4.78 is 27.4. The summed E-state index contributed by atoms with van der Waals surface area (Å²) in [5.74, 6) is 0.173. The monoisotopic (exact) mass is 406 g/mol. The molecule has 1 unspecified atom stereocenters. The molecule has 5 nitrogen and oxygen atoms in total. The first-order chi connectivity index (χ1) is 12.8. The van der Waals surface area contributed by atoms with Crippen molar-refractivity contribution in [1.82, 2.24) is 9.29 Å². The maximum atomic E-state index is 12.9. The van der Waals surface area contributed by atoms with Crippen LogP contribution in [-0.2, 0) is 21.2 Å². The topological polar surface area (TPSA) is 67.3 Å². The highest BCUT2D eigenvalue weighted by atomic mass is 32.2. The fourth-order valence-electron chi connectivity index (χ4n) is 3.24. The van der Waals surface area contributed by atoms with Crippen molar-refractivity contribution in [2.24, 2.45) is 5.92 Å². The quantitative estimate of drug-likeness (QED) is 0.723. The Balaban J connectivity index is 1.77. The maximum absolute atomic E-state index is 12.9. The van der Waals surface area contributed by atoms with Gasteiger partial charge in [0.2, 0.25) is 10.0 Å². The zero-order chi connectivity index (χ0) is 19.6. The molecule has 0 amide bonds. The van der Waals surface area contributed by atoms with Crippen molar-refractivity contribution in [2.45, 2.75) is 57.4 Å². The molecule has 1 aromatic heterocycles. The van der Waals surface area contributed by atoms with E-state index in [-0.39, 0.29) is 17.7 Å². The molecule has 2 heterocycles. The molecule has 3 rings (SSSR count). The van der Waals surface area contributed by atoms with E-state index in [1.54, 1.807) is 28.6 Å². The number of thiazole rings is 1. The molecule has 2 aromatic rings. The number of ketones is 1. The van der Waals surface area contributed by atoms with E-state index < -0.39 is 10.0 Å². The predicted octanol–water partition coefficient (Wildman–Crippen LogP) is 4.14. The van der Waals surface area contributed by atoms with Crippen molar-refractivity contribution in [3.05, 3.63) is 34.7 Å². The summed E-state index contributed by atoms with van der Waals surface area (Å²) in [6.07, 6.45) is 3.26. The van der Waals surface area contributed by atoms with Gasteiger partial charge in [0, 0.05) is 29.4 Å². The summed E-state index contributed by atoms with van der Waals surface area (Å²) in [4.78, 5) is 16.7. The van der Waals surface area contributed by atoms with Crippen LogP contribution < -0.4 is 0 Å². The number of carbonyl (C=O) groups excluding carboxylic acids is 1. The maximum Gasteiger partial charge on any atom is 0.243 e. The van der Waals surface area contributed by atoms with Crippen LogP contribution in [0.15, 0.2) is 34.5 Å². The molecule has 1 fully saturated rings. The second kappa shape index (κ2) is 8.20. The van der Waals surface area contributed by atoms with Crippen LogP contribution in [0, 0.1) is 5.92 Å². The Labute approximate surface area is 165 Å². The van der Waals surface area contributed by atoms with Crippen molar-refractivity contribution in [3.8, 4) is 11.3 Å². The lowest BCUT2D eigenvalue weighted by atomic mass is 10.1. The number of rotatable bonds is 6. The molecule has 0 saturated carbocycles. The largest absolute Gasteiger partial charge is 0.299 e. The molecule has 7 heteroatoms. The lowest BCUT2D eigenvalue weighted by molar-refractivity contribution is -0.121. The minimum atomic E-state index is -3.46. The molecular weight excluding hydrogens is 380 g/mol. The SMILES string of the molecule is CC(C)C(=O)Cc1nc(-c2ccc(S(=O)(=O)N3CCCCC3C)cc2)cs1. The van der Waals surface area contributed by atoms with Crippen LogP contribution in [0.5, 0.6) is 0 Å². The molecule has 0 bridgehead atoms. The van der Waals surface area contributed by atoms with Crippen LogP contribution in [0.2, 0.25) is 0 Å². The zero-order valence-electron chi connectivity index (χ0n) is 16.0. The Hall–Kier alpha value is -1.57. The van der Waals surface area contributed by atoms with Crippen LogP contribution in [0.3, 0.4) is 0 Å². The van der Waals surface area contributed by atoms with E-state index in [4.69, 9.17) is 0 Å². The Morgan fingerprint density at radius 3 is 2.59 bits per heavy atom. The summed E-state index contributed by atoms with van der Waals surface area (Å²) >= 11 is 1.46. The van der Waals surface area contributed by atoms with E-state index in [2.05, 4.69) is 4.98 Å². The molecule has 1 aromatic carbocycles. The molecule has 0 aliphatic carbocycles. The number of nitrogens with zero attached hydrogens (tertiary/aromatic N) is 2. The zero-order valence-corrected chi connectivity index (χ0v) is 17.6. The van der Waals surface area contributed by atoms with Gasteiger partial charge in [-0.05, 0) is 31.9 Å². The van der Waals surface area contributed by atoms with Gasteiger partial charge >= 0.3 is 0 Å². The fraction of sp³-hybridized carbons (Fsp3) is 0.500. The Morgan fingerprint density at radius 2 is 1.96 bits per heavy atom. The minimum absolute atomic E-state index is 0.000908. The first kappa shape index (κ1) is 20.2. The van der Waals surface area contributed by atoms with Gasteiger partial charge in [0.25, 0.3) is 0 Å². The van der Waals surface area contributed by atoms with Gasteiger partial charge in [-0.1, -0.05) is 32.4 Å². The summed E-state index contributed by atoms with van der Waals surface area (Å²) in [6.45, 7) is 6.34. The number of hydrogen-bond donors (Lipinski definition) is 0. The Morgan fingerprint density at radius 1 is 1.26 bits per heavy atom. The summed E-state index contributed by atoms with van der Waals surface area (Å²) in [5, 5.41) is 2.71. The lowest BCUT2D eigenvalue weighted by Gasteiger charge is -2.32. The van der Waals surface area contributed by atoms with E-state index >= 15 is 0 Å². The first-order valence-electron chi connectivity index (χ1n) is 9.38. The summed E-state index contributed by atoms with van der Waals surface area (Å²) in [5.41, 5.74) is 1.64. The summed E-state index contributed by atoms with van der Waals surface area (Å²) in [7, 11) is -3.46. The van der Waals surface area contributed by atoms with Gasteiger partial charge in [-0.25, -0.2) is 13.4 Å². The average molecular weight is 407 g/mol. The van der Waals surface area contributed by atoms with Crippen molar-refractivity contribution < 1.29 is 13.2 Å². The third-order valence-corrected chi connectivity index (χ3v) is 7.90. The molecule has 1 saturated heterocycles. The first-order valence-corrected chi connectivity index (χ1v) is 11.7. The number of aromatic nitrogens is 1. The summed E-state index contributed by atoms with van der Waals surface area (Å²) in [6, 6.07) is 6.95. The van der Waals surface area contributed by atoms with Gasteiger partial charge in [0.15, 0.2) is 0 Å². The number of piperidine rings is 1. The van der Waals surface area contributed by atoms with Crippen molar-refractivity contribution in [2.75, 3.05) is 6.54 Å². The third kappa shape index (κ3) is 4.47. The highest BCUT2D eigenvalue weighted by molar-refractivity contribution is 7.89. The number of sulfonamides is 1. The standard InChI is InChI=1S/C20H26N2O3S2/c1-14(2)19(23)12-20-21-18(13-26-20)16-7-9-17(10-8-16)27(24,25)22-11-5-4-6-15(22)3/h7-10,13-15H,4-6,11-12H2,1-3H3. The van der Waals surface area contributed by atoms with Gasteiger partial charge in [0.05, 0.1) is 17.0 Å². The van der Waals surface area contributed by atoms with Crippen molar-refractivity contribution >= 4 is 27.1 Å². The van der Waals surface area contributed by atoms with E-state index in [0.29, 0.717) is 17.9 Å². The van der Waals surface area contributed by atoms with Crippen LogP contribution in [0.1, 0.15) is 45.0 Å². The molecule has 1 aliphatic rings. The van der Waals surface area contributed by atoms with Crippen molar-refractivity contribution in [3.63, 3.8) is 0 Å². The number of hydrogen-bond acceptors (Lipinski definition) is 5. The highest BCUT2D eigenvalue weighted by Crippen LogP contribution is 2.28. The molecule has 146 valence electrons. The molecule has 0 radical (unpaired) electrons. The van der Waals surface area contributed by atoms with Gasteiger partial charge in [-0.15, -0.1) is 11.3 Å². The third-order valence-electron chi connectivity index (χ3n) is 5.02. The van der Waals surface area contributed by atoms with Crippen molar-refractivity contribution in [1.29, 1.82) is 0 Å². The average Bonchev–Trinajstić information content (AvgIpc) is 3.10. The van der Waals surface area contributed by atoms with Gasteiger partial charge in [-0.2, -0.15) is 4.31 Å². The second-order valence-corrected chi connectivity index (χ2v) is 10.2.